The highest BCUT2D eigenvalue weighted by molar-refractivity contribution is 7.85. The van der Waals surface area contributed by atoms with E-state index in [1.807, 2.05) is 25.1 Å². The molecule has 0 radical (unpaired) electrons. The van der Waals surface area contributed by atoms with E-state index in [9.17, 15) is 4.21 Å². The number of unbranched alkanes of at least 4 members (excludes halogenated alkanes) is 1. The lowest BCUT2D eigenvalue weighted by Gasteiger charge is -2.21. The molecular formula is C17H29NO2S. The van der Waals surface area contributed by atoms with E-state index in [0.29, 0.717) is 12.4 Å². The van der Waals surface area contributed by atoms with Gasteiger partial charge in [-0.25, -0.2) is 0 Å². The Balaban J connectivity index is 2.83. The van der Waals surface area contributed by atoms with Crippen LogP contribution in [-0.2, 0) is 10.8 Å². The minimum Gasteiger partial charge on any atom is -0.494 e. The molecule has 21 heavy (non-hydrogen) atoms. The summed E-state index contributed by atoms with van der Waals surface area (Å²) in [4.78, 5) is 0. The van der Waals surface area contributed by atoms with Crippen molar-refractivity contribution in [1.82, 2.24) is 5.32 Å². The van der Waals surface area contributed by atoms with Gasteiger partial charge in [0.15, 0.2) is 0 Å². The molecule has 0 saturated heterocycles. The number of benzene rings is 1. The van der Waals surface area contributed by atoms with Gasteiger partial charge in [0.05, 0.1) is 6.61 Å². The van der Waals surface area contributed by atoms with E-state index in [1.54, 1.807) is 0 Å². The van der Waals surface area contributed by atoms with Gasteiger partial charge in [-0.15, -0.1) is 0 Å². The average Bonchev–Trinajstić information content (AvgIpc) is 2.50. The zero-order chi connectivity index (χ0) is 15.5. The lowest BCUT2D eigenvalue weighted by Crippen LogP contribution is -2.28. The van der Waals surface area contributed by atoms with Gasteiger partial charge in [0.1, 0.15) is 5.75 Å². The highest BCUT2D eigenvalue weighted by Crippen LogP contribution is 2.26. The summed E-state index contributed by atoms with van der Waals surface area (Å²) in [7, 11) is -0.784. The topological polar surface area (TPSA) is 38.3 Å². The molecular weight excluding hydrogens is 282 g/mol. The third-order valence-electron chi connectivity index (χ3n) is 3.31. The molecule has 2 unspecified atom stereocenters. The van der Waals surface area contributed by atoms with Gasteiger partial charge in [0, 0.05) is 33.9 Å². The van der Waals surface area contributed by atoms with Crippen LogP contribution in [0.5, 0.6) is 5.75 Å². The molecule has 2 atom stereocenters. The standard InChI is InChI=1S/C17H29NO2S/c1-4-7-13-21(19)14-16(18-12-5-2)15-10-8-9-11-17(15)20-6-3/h8-11,16,18H,4-7,12-14H2,1-3H3. The maximum Gasteiger partial charge on any atom is 0.124 e. The van der Waals surface area contributed by atoms with Crippen LogP contribution < -0.4 is 10.1 Å². The van der Waals surface area contributed by atoms with E-state index in [0.717, 1.165) is 42.9 Å². The molecule has 0 aromatic heterocycles. The van der Waals surface area contributed by atoms with E-state index in [1.165, 1.54) is 0 Å². The van der Waals surface area contributed by atoms with Crippen molar-refractivity contribution in [3.8, 4) is 5.75 Å². The Morgan fingerprint density at radius 2 is 1.95 bits per heavy atom. The molecule has 1 aromatic rings. The van der Waals surface area contributed by atoms with Crippen molar-refractivity contribution in [2.45, 2.75) is 46.1 Å². The lowest BCUT2D eigenvalue weighted by molar-refractivity contribution is 0.332. The van der Waals surface area contributed by atoms with Crippen LogP contribution in [0.25, 0.3) is 0 Å². The first kappa shape index (κ1) is 18.2. The molecule has 0 bridgehead atoms. The van der Waals surface area contributed by atoms with Crippen molar-refractivity contribution >= 4 is 10.8 Å². The summed E-state index contributed by atoms with van der Waals surface area (Å²) in [6, 6.07) is 8.18. The van der Waals surface area contributed by atoms with Gasteiger partial charge >= 0.3 is 0 Å². The van der Waals surface area contributed by atoms with Gasteiger partial charge < -0.3 is 10.1 Å². The number of rotatable bonds is 11. The Morgan fingerprint density at radius 3 is 2.62 bits per heavy atom. The van der Waals surface area contributed by atoms with Crippen LogP contribution in [0, 0.1) is 0 Å². The van der Waals surface area contributed by atoms with E-state index in [-0.39, 0.29) is 6.04 Å². The molecule has 0 heterocycles. The maximum atomic E-state index is 12.2. The van der Waals surface area contributed by atoms with Crippen LogP contribution in [-0.4, -0.2) is 28.9 Å². The van der Waals surface area contributed by atoms with Gasteiger partial charge in [0.2, 0.25) is 0 Å². The maximum absolute atomic E-state index is 12.2. The predicted octanol–water partition coefficient (Wildman–Crippen LogP) is 3.67. The fourth-order valence-electron chi connectivity index (χ4n) is 2.21. The van der Waals surface area contributed by atoms with Crippen LogP contribution in [0.15, 0.2) is 24.3 Å². The first-order valence-electron chi connectivity index (χ1n) is 8.02. The van der Waals surface area contributed by atoms with Crippen LogP contribution in [0.1, 0.15) is 51.6 Å². The second-order valence-corrected chi connectivity index (χ2v) is 6.76. The Hall–Kier alpha value is -0.870. The molecule has 120 valence electrons. The second kappa shape index (κ2) is 10.8. The number of para-hydroxylation sites is 1. The summed E-state index contributed by atoms with van der Waals surface area (Å²) in [6.45, 7) is 7.85. The Kier molecular flexibility index (Phi) is 9.35. The summed E-state index contributed by atoms with van der Waals surface area (Å²) in [6.07, 6.45) is 3.18. The minimum absolute atomic E-state index is 0.102. The molecule has 0 aliphatic carbocycles. The molecule has 3 nitrogen and oxygen atoms in total. The van der Waals surface area contributed by atoms with Crippen LogP contribution in [0.3, 0.4) is 0 Å². The third kappa shape index (κ3) is 6.62. The molecule has 1 aromatic carbocycles. The average molecular weight is 311 g/mol. The van der Waals surface area contributed by atoms with Crippen molar-refractivity contribution in [2.75, 3.05) is 24.7 Å². The predicted molar refractivity (Wildman–Crippen MR) is 91.4 cm³/mol. The van der Waals surface area contributed by atoms with Gasteiger partial charge in [-0.1, -0.05) is 38.5 Å². The third-order valence-corrected chi connectivity index (χ3v) is 4.76. The van der Waals surface area contributed by atoms with Gasteiger partial charge in [0.25, 0.3) is 0 Å². The molecule has 0 amide bonds. The highest BCUT2D eigenvalue weighted by Gasteiger charge is 2.18. The fraction of sp³-hybridized carbons (Fsp3) is 0.647. The lowest BCUT2D eigenvalue weighted by atomic mass is 10.1. The first-order valence-corrected chi connectivity index (χ1v) is 9.51. The summed E-state index contributed by atoms with van der Waals surface area (Å²) in [5.41, 5.74) is 1.12. The largest absolute Gasteiger partial charge is 0.494 e. The number of hydrogen-bond donors (Lipinski definition) is 1. The molecule has 1 rings (SSSR count). The normalized spacial score (nSPS) is 13.9. The molecule has 0 aliphatic rings. The SMILES string of the molecule is CCCCS(=O)CC(NCCC)c1ccccc1OCC. The van der Waals surface area contributed by atoms with Crippen LogP contribution in [0.4, 0.5) is 0 Å². The van der Waals surface area contributed by atoms with Gasteiger partial charge in [-0.2, -0.15) is 0 Å². The van der Waals surface area contributed by atoms with Crippen molar-refractivity contribution in [3.05, 3.63) is 29.8 Å². The van der Waals surface area contributed by atoms with Crippen molar-refractivity contribution < 1.29 is 8.95 Å². The van der Waals surface area contributed by atoms with Crippen molar-refractivity contribution in [3.63, 3.8) is 0 Å². The highest BCUT2D eigenvalue weighted by atomic mass is 32.2. The minimum atomic E-state index is -0.784. The summed E-state index contributed by atoms with van der Waals surface area (Å²) >= 11 is 0. The number of hydrogen-bond acceptors (Lipinski definition) is 3. The molecule has 0 spiro atoms. The summed E-state index contributed by atoms with van der Waals surface area (Å²) in [5, 5.41) is 3.52. The summed E-state index contributed by atoms with van der Waals surface area (Å²) < 4.78 is 18.0. The van der Waals surface area contributed by atoms with E-state index in [4.69, 9.17) is 4.74 Å². The quantitative estimate of drug-likeness (QED) is 0.677. The molecule has 0 fully saturated rings. The molecule has 4 heteroatoms. The summed E-state index contributed by atoms with van der Waals surface area (Å²) in [5.74, 6) is 2.35. The van der Waals surface area contributed by atoms with Gasteiger partial charge in [-0.3, -0.25) is 4.21 Å². The Bertz CT molecular complexity index is 423. The Morgan fingerprint density at radius 1 is 1.19 bits per heavy atom. The van der Waals surface area contributed by atoms with Crippen LogP contribution in [0.2, 0.25) is 0 Å². The zero-order valence-electron chi connectivity index (χ0n) is 13.6. The van der Waals surface area contributed by atoms with Crippen LogP contribution >= 0.6 is 0 Å². The molecule has 0 saturated carbocycles. The van der Waals surface area contributed by atoms with E-state index >= 15 is 0 Å². The number of nitrogens with one attached hydrogen (secondary N) is 1. The first-order chi connectivity index (χ1) is 10.2. The van der Waals surface area contributed by atoms with E-state index in [2.05, 4.69) is 25.2 Å². The fourth-order valence-corrected chi connectivity index (χ4v) is 3.65. The smallest absolute Gasteiger partial charge is 0.124 e. The second-order valence-electron chi connectivity index (χ2n) is 5.14. The molecule has 1 N–H and O–H groups in total. The Labute approximate surface area is 131 Å². The van der Waals surface area contributed by atoms with Crippen molar-refractivity contribution in [2.24, 2.45) is 0 Å². The zero-order valence-corrected chi connectivity index (χ0v) is 14.4. The van der Waals surface area contributed by atoms with Crippen molar-refractivity contribution in [1.29, 1.82) is 0 Å². The molecule has 0 aliphatic heterocycles. The van der Waals surface area contributed by atoms with Gasteiger partial charge in [-0.05, 0) is 32.4 Å². The number of ether oxygens (including phenoxy) is 1. The van der Waals surface area contributed by atoms with E-state index < -0.39 is 10.8 Å². The monoisotopic (exact) mass is 311 g/mol.